The summed E-state index contributed by atoms with van der Waals surface area (Å²) in [4.78, 5) is 18.8. The molecular formula is C12H9BrN2O4. The average molecular weight is 325 g/mol. The Morgan fingerprint density at radius 2 is 1.95 bits per heavy atom. The lowest BCUT2D eigenvalue weighted by atomic mass is 10.2. The molecule has 7 heteroatoms. The maximum Gasteiger partial charge on any atom is 0.335 e. The number of ether oxygens (including phenoxy) is 2. The zero-order chi connectivity index (χ0) is 13.8. The fourth-order valence-electron chi connectivity index (χ4n) is 1.34. The summed E-state index contributed by atoms with van der Waals surface area (Å²) >= 11 is 3.21. The molecule has 6 nitrogen and oxygen atoms in total. The predicted molar refractivity (Wildman–Crippen MR) is 69.8 cm³/mol. The van der Waals surface area contributed by atoms with E-state index in [0.29, 0.717) is 10.2 Å². The molecule has 0 aliphatic rings. The fourth-order valence-corrected chi connectivity index (χ4v) is 1.55. The first-order chi connectivity index (χ1) is 9.10. The van der Waals surface area contributed by atoms with Crippen LogP contribution < -0.4 is 9.47 Å². The Balaban J connectivity index is 2.34. The molecule has 2 aromatic rings. The molecule has 0 saturated carbocycles. The summed E-state index contributed by atoms with van der Waals surface area (Å²) in [7, 11) is 1.46. The number of carboxylic acid groups (broad SMARTS) is 1. The highest BCUT2D eigenvalue weighted by atomic mass is 79.9. The van der Waals surface area contributed by atoms with Gasteiger partial charge < -0.3 is 14.6 Å². The lowest BCUT2D eigenvalue weighted by Crippen LogP contribution is -1.99. The summed E-state index contributed by atoms with van der Waals surface area (Å²) in [5.74, 6) is -0.412. The van der Waals surface area contributed by atoms with Gasteiger partial charge in [0.1, 0.15) is 0 Å². The topological polar surface area (TPSA) is 81.5 Å². The summed E-state index contributed by atoms with van der Waals surface area (Å²) in [6.45, 7) is 0. The second-order valence-corrected chi connectivity index (χ2v) is 4.37. The first kappa shape index (κ1) is 13.3. The summed E-state index contributed by atoms with van der Waals surface area (Å²) in [6.07, 6.45) is 3.05. The standard InChI is InChI=1S/C12H9BrN2O4/c1-18-9-3-2-7(11(16)17)4-10(9)19-12-14-5-8(13)6-15-12/h2-6H,1H3,(H,16,17). The minimum Gasteiger partial charge on any atom is -0.493 e. The van der Waals surface area contributed by atoms with E-state index >= 15 is 0 Å². The quantitative estimate of drug-likeness (QED) is 0.931. The largest absolute Gasteiger partial charge is 0.493 e. The van der Waals surface area contributed by atoms with Gasteiger partial charge in [0.25, 0.3) is 0 Å². The Morgan fingerprint density at radius 3 is 2.53 bits per heavy atom. The molecule has 0 aliphatic carbocycles. The van der Waals surface area contributed by atoms with Gasteiger partial charge in [0.05, 0.1) is 17.1 Å². The summed E-state index contributed by atoms with van der Waals surface area (Å²) in [5, 5.41) is 8.94. The molecule has 1 N–H and O–H groups in total. The molecule has 98 valence electrons. The molecule has 0 atom stereocenters. The van der Waals surface area contributed by atoms with Crippen molar-refractivity contribution in [2.45, 2.75) is 0 Å². The monoisotopic (exact) mass is 324 g/mol. The maximum atomic E-state index is 10.9. The van der Waals surface area contributed by atoms with Gasteiger partial charge in [-0.15, -0.1) is 0 Å². The van der Waals surface area contributed by atoms with Gasteiger partial charge in [0.15, 0.2) is 11.5 Å². The number of hydrogen-bond acceptors (Lipinski definition) is 5. The van der Waals surface area contributed by atoms with Crippen LogP contribution in [-0.2, 0) is 0 Å². The number of rotatable bonds is 4. The van der Waals surface area contributed by atoms with Crippen molar-refractivity contribution in [1.82, 2.24) is 9.97 Å². The van der Waals surface area contributed by atoms with Gasteiger partial charge in [0, 0.05) is 12.4 Å². The van der Waals surface area contributed by atoms with Gasteiger partial charge in [-0.25, -0.2) is 14.8 Å². The third-order valence-electron chi connectivity index (χ3n) is 2.21. The Morgan fingerprint density at radius 1 is 1.26 bits per heavy atom. The van der Waals surface area contributed by atoms with Crippen LogP contribution in [0.5, 0.6) is 17.5 Å². The van der Waals surface area contributed by atoms with Crippen LogP contribution in [0.3, 0.4) is 0 Å². The van der Waals surface area contributed by atoms with E-state index in [0.717, 1.165) is 0 Å². The highest BCUT2D eigenvalue weighted by Crippen LogP contribution is 2.31. The minimum absolute atomic E-state index is 0.0907. The summed E-state index contributed by atoms with van der Waals surface area (Å²) < 4.78 is 11.2. The molecule has 1 aromatic carbocycles. The first-order valence-corrected chi connectivity index (χ1v) is 5.96. The number of hydrogen-bond donors (Lipinski definition) is 1. The van der Waals surface area contributed by atoms with Crippen molar-refractivity contribution in [1.29, 1.82) is 0 Å². The normalized spacial score (nSPS) is 10.0. The fraction of sp³-hybridized carbons (Fsp3) is 0.0833. The van der Waals surface area contributed by atoms with Crippen molar-refractivity contribution in [2.24, 2.45) is 0 Å². The molecule has 2 rings (SSSR count). The molecule has 0 radical (unpaired) electrons. The third-order valence-corrected chi connectivity index (χ3v) is 2.62. The van der Waals surface area contributed by atoms with Gasteiger partial charge in [0.2, 0.25) is 0 Å². The van der Waals surface area contributed by atoms with Crippen molar-refractivity contribution < 1.29 is 19.4 Å². The molecule has 1 heterocycles. The number of aromatic nitrogens is 2. The number of halogens is 1. The Bertz CT molecular complexity index is 601. The van der Waals surface area contributed by atoms with Crippen LogP contribution in [0, 0.1) is 0 Å². The van der Waals surface area contributed by atoms with Crippen LogP contribution in [0.15, 0.2) is 35.1 Å². The number of aromatic carboxylic acids is 1. The molecule has 0 unspecified atom stereocenters. The Kier molecular flexibility index (Phi) is 3.96. The molecule has 0 amide bonds. The van der Waals surface area contributed by atoms with E-state index in [1.165, 1.54) is 37.7 Å². The van der Waals surface area contributed by atoms with Crippen molar-refractivity contribution in [3.8, 4) is 17.5 Å². The number of carbonyl (C=O) groups is 1. The summed E-state index contributed by atoms with van der Waals surface area (Å²) in [6, 6.07) is 4.39. The van der Waals surface area contributed by atoms with Crippen molar-refractivity contribution in [3.05, 3.63) is 40.6 Å². The average Bonchev–Trinajstić information content (AvgIpc) is 2.41. The van der Waals surface area contributed by atoms with E-state index in [2.05, 4.69) is 25.9 Å². The lowest BCUT2D eigenvalue weighted by molar-refractivity contribution is 0.0696. The smallest absolute Gasteiger partial charge is 0.335 e. The second kappa shape index (κ2) is 5.66. The zero-order valence-corrected chi connectivity index (χ0v) is 11.4. The SMILES string of the molecule is COc1ccc(C(=O)O)cc1Oc1ncc(Br)cn1. The van der Waals surface area contributed by atoms with Crippen LogP contribution in [0.2, 0.25) is 0 Å². The molecule has 0 bridgehead atoms. The molecule has 19 heavy (non-hydrogen) atoms. The van der Waals surface area contributed by atoms with Crippen LogP contribution in [0.4, 0.5) is 0 Å². The van der Waals surface area contributed by atoms with E-state index in [1.807, 2.05) is 0 Å². The molecule has 0 spiro atoms. The van der Waals surface area contributed by atoms with Gasteiger partial charge in [-0.05, 0) is 34.1 Å². The van der Waals surface area contributed by atoms with Crippen molar-refractivity contribution in [2.75, 3.05) is 7.11 Å². The van der Waals surface area contributed by atoms with E-state index in [1.54, 1.807) is 0 Å². The Hall–Kier alpha value is -2.15. The Labute approximate surface area is 117 Å². The van der Waals surface area contributed by atoms with E-state index < -0.39 is 5.97 Å². The van der Waals surface area contributed by atoms with Gasteiger partial charge in [-0.1, -0.05) is 0 Å². The van der Waals surface area contributed by atoms with Gasteiger partial charge in [-0.2, -0.15) is 0 Å². The first-order valence-electron chi connectivity index (χ1n) is 5.17. The summed E-state index contributed by atoms with van der Waals surface area (Å²) in [5.41, 5.74) is 0.0907. The molecule has 0 aliphatic heterocycles. The van der Waals surface area contributed by atoms with Gasteiger partial charge in [-0.3, -0.25) is 0 Å². The van der Waals surface area contributed by atoms with Crippen LogP contribution >= 0.6 is 15.9 Å². The van der Waals surface area contributed by atoms with Crippen molar-refractivity contribution in [3.63, 3.8) is 0 Å². The van der Waals surface area contributed by atoms with E-state index in [4.69, 9.17) is 14.6 Å². The predicted octanol–water partition coefficient (Wildman–Crippen LogP) is 2.74. The second-order valence-electron chi connectivity index (χ2n) is 3.46. The van der Waals surface area contributed by atoms with Crippen LogP contribution in [0.1, 0.15) is 10.4 Å². The zero-order valence-electron chi connectivity index (χ0n) is 9.83. The van der Waals surface area contributed by atoms with Gasteiger partial charge >= 0.3 is 12.0 Å². The lowest BCUT2D eigenvalue weighted by Gasteiger charge is -2.09. The van der Waals surface area contributed by atoms with Crippen LogP contribution in [0.25, 0.3) is 0 Å². The molecule has 1 aromatic heterocycles. The van der Waals surface area contributed by atoms with E-state index in [9.17, 15) is 4.79 Å². The maximum absolute atomic E-state index is 10.9. The molecular weight excluding hydrogens is 316 g/mol. The van der Waals surface area contributed by atoms with Crippen molar-refractivity contribution >= 4 is 21.9 Å². The molecule has 0 fully saturated rings. The third kappa shape index (κ3) is 3.19. The number of nitrogens with zero attached hydrogens (tertiary/aromatic N) is 2. The number of methoxy groups -OCH3 is 1. The highest BCUT2D eigenvalue weighted by molar-refractivity contribution is 9.10. The number of carboxylic acids is 1. The minimum atomic E-state index is -1.05. The highest BCUT2D eigenvalue weighted by Gasteiger charge is 2.12. The molecule has 0 saturated heterocycles. The van der Waals surface area contributed by atoms with E-state index in [-0.39, 0.29) is 17.3 Å². The van der Waals surface area contributed by atoms with Crippen LogP contribution in [-0.4, -0.2) is 28.2 Å². The number of benzene rings is 1.